The first-order valence-electron chi connectivity index (χ1n) is 9.73. The Hall–Kier alpha value is -2.91. The number of morpholine rings is 1. The molecule has 30 heavy (non-hydrogen) atoms. The van der Waals surface area contributed by atoms with Crippen LogP contribution in [0.3, 0.4) is 0 Å². The summed E-state index contributed by atoms with van der Waals surface area (Å²) in [6, 6.07) is 3.82. The van der Waals surface area contributed by atoms with E-state index >= 15 is 8.78 Å². The molecule has 3 heterocycles. The van der Waals surface area contributed by atoms with Gasteiger partial charge >= 0.3 is 0 Å². The number of nitrogens with one attached hydrogen (secondary N) is 1. The van der Waals surface area contributed by atoms with Crippen molar-refractivity contribution in [2.45, 2.75) is 19.4 Å². The van der Waals surface area contributed by atoms with E-state index < -0.39 is 17.5 Å². The molecule has 1 aromatic carbocycles. The van der Waals surface area contributed by atoms with Crippen LogP contribution in [0.2, 0.25) is 0 Å². The number of aromatic nitrogens is 3. The van der Waals surface area contributed by atoms with Gasteiger partial charge in [0, 0.05) is 44.0 Å². The molecule has 1 atom stereocenters. The molecular formula is C21H23F2N5O2. The minimum Gasteiger partial charge on any atom is -0.375 e. The van der Waals surface area contributed by atoms with Gasteiger partial charge in [-0.25, -0.2) is 18.7 Å². The topological polar surface area (TPSA) is 71.8 Å². The molecule has 9 heteroatoms. The quantitative estimate of drug-likeness (QED) is 0.708. The maximum Gasteiger partial charge on any atom is 0.251 e. The predicted molar refractivity (Wildman–Crippen MR) is 107 cm³/mol. The van der Waals surface area contributed by atoms with E-state index in [-0.39, 0.29) is 22.9 Å². The van der Waals surface area contributed by atoms with Gasteiger partial charge in [-0.2, -0.15) is 0 Å². The molecule has 1 fully saturated rings. The molecule has 1 aliphatic heterocycles. The molecule has 4 rings (SSSR count). The molecule has 1 saturated heterocycles. The van der Waals surface area contributed by atoms with Crippen LogP contribution in [0.1, 0.15) is 21.7 Å². The molecule has 1 N–H and O–H groups in total. The molecule has 2 aromatic heterocycles. The molecule has 0 saturated carbocycles. The number of imidazole rings is 1. The highest BCUT2D eigenvalue weighted by molar-refractivity contribution is 5.94. The number of hydrogen-bond donors (Lipinski definition) is 1. The summed E-state index contributed by atoms with van der Waals surface area (Å²) in [4.78, 5) is 22.9. The van der Waals surface area contributed by atoms with E-state index in [4.69, 9.17) is 4.74 Å². The summed E-state index contributed by atoms with van der Waals surface area (Å²) in [6.45, 7) is 3.94. The van der Waals surface area contributed by atoms with Gasteiger partial charge in [0.15, 0.2) is 0 Å². The Balaban J connectivity index is 1.86. The van der Waals surface area contributed by atoms with Crippen LogP contribution >= 0.6 is 0 Å². The lowest BCUT2D eigenvalue weighted by Gasteiger charge is -2.29. The summed E-state index contributed by atoms with van der Waals surface area (Å²) in [5.41, 5.74) is 1.21. The van der Waals surface area contributed by atoms with Gasteiger partial charge in [0.2, 0.25) is 5.78 Å². The summed E-state index contributed by atoms with van der Waals surface area (Å²) < 4.78 is 37.6. The summed E-state index contributed by atoms with van der Waals surface area (Å²) in [5.74, 6) is -1.87. The lowest BCUT2D eigenvalue weighted by atomic mass is 10.0. The van der Waals surface area contributed by atoms with Crippen molar-refractivity contribution in [1.82, 2.24) is 24.6 Å². The lowest BCUT2D eigenvalue weighted by molar-refractivity contribution is -0.0189. The number of fused-ring (bicyclic) bond motifs is 1. The van der Waals surface area contributed by atoms with Gasteiger partial charge in [0.25, 0.3) is 5.91 Å². The first-order valence-corrected chi connectivity index (χ1v) is 9.73. The molecule has 1 amide bonds. The Kier molecular flexibility index (Phi) is 5.48. The standard InChI is InChI=1S/C21H23F2N5O2/c1-12-4-5-28-19(18-15(22)8-13(9-16(18)23)20(29)24-2)17(26-21(28)25-12)10-14-11-27(3)6-7-30-14/h4-5,8-9,14H,6-7,10-11H2,1-3H3,(H,24,29). The minimum absolute atomic E-state index is 0.0853. The first-order chi connectivity index (χ1) is 14.4. The van der Waals surface area contributed by atoms with Gasteiger partial charge in [-0.05, 0) is 32.2 Å². The summed E-state index contributed by atoms with van der Waals surface area (Å²) in [7, 11) is 3.41. The molecule has 1 aliphatic rings. The van der Waals surface area contributed by atoms with Crippen LogP contribution in [-0.2, 0) is 11.2 Å². The number of ether oxygens (including phenoxy) is 1. The number of rotatable bonds is 4. The van der Waals surface area contributed by atoms with Crippen molar-refractivity contribution in [3.63, 3.8) is 0 Å². The highest BCUT2D eigenvalue weighted by atomic mass is 19.1. The number of nitrogens with zero attached hydrogens (tertiary/aromatic N) is 4. The SMILES string of the molecule is CNC(=O)c1cc(F)c(-c2c(CC3CN(C)CCO3)nc3nc(C)ccn23)c(F)c1. The van der Waals surface area contributed by atoms with E-state index in [9.17, 15) is 4.79 Å². The van der Waals surface area contributed by atoms with Gasteiger partial charge in [-0.15, -0.1) is 0 Å². The van der Waals surface area contributed by atoms with Gasteiger partial charge in [-0.1, -0.05) is 0 Å². The second-order valence-corrected chi connectivity index (χ2v) is 7.50. The van der Waals surface area contributed by atoms with E-state index in [0.717, 1.165) is 24.4 Å². The van der Waals surface area contributed by atoms with Crippen molar-refractivity contribution >= 4 is 11.7 Å². The normalized spacial score (nSPS) is 17.4. The number of likely N-dealkylation sites (N-methyl/N-ethyl adjacent to an activating group) is 1. The fourth-order valence-electron chi connectivity index (χ4n) is 3.75. The minimum atomic E-state index is -0.834. The zero-order valence-electron chi connectivity index (χ0n) is 17.1. The van der Waals surface area contributed by atoms with Crippen LogP contribution < -0.4 is 5.32 Å². The van der Waals surface area contributed by atoms with Crippen LogP contribution in [0.15, 0.2) is 24.4 Å². The maximum absolute atomic E-state index is 15.1. The Morgan fingerprint density at radius 1 is 1.30 bits per heavy atom. The molecule has 158 valence electrons. The zero-order valence-corrected chi connectivity index (χ0v) is 17.1. The fourth-order valence-corrected chi connectivity index (χ4v) is 3.75. The average molecular weight is 415 g/mol. The molecule has 3 aromatic rings. The van der Waals surface area contributed by atoms with Crippen molar-refractivity contribution in [3.05, 3.63) is 53.0 Å². The fraction of sp³-hybridized carbons (Fsp3) is 0.381. The van der Waals surface area contributed by atoms with E-state index in [1.165, 1.54) is 7.05 Å². The number of halogens is 2. The number of carbonyl (C=O) groups is 1. The number of carbonyl (C=O) groups excluding carboxylic acids is 1. The van der Waals surface area contributed by atoms with Crippen molar-refractivity contribution in [1.29, 1.82) is 0 Å². The Bertz CT molecular complexity index is 1090. The van der Waals surface area contributed by atoms with Crippen molar-refractivity contribution in [2.75, 3.05) is 33.8 Å². The van der Waals surface area contributed by atoms with Crippen LogP contribution in [0.5, 0.6) is 0 Å². The molecular weight excluding hydrogens is 392 g/mol. The summed E-state index contributed by atoms with van der Waals surface area (Å²) in [5, 5.41) is 2.37. The van der Waals surface area contributed by atoms with E-state index in [1.54, 1.807) is 16.7 Å². The Morgan fingerprint density at radius 2 is 2.03 bits per heavy atom. The Labute approximate surface area is 172 Å². The first kappa shape index (κ1) is 20.4. The number of aryl methyl sites for hydroxylation is 1. The van der Waals surface area contributed by atoms with Gasteiger partial charge in [0.05, 0.1) is 29.7 Å². The van der Waals surface area contributed by atoms with Crippen molar-refractivity contribution in [2.24, 2.45) is 0 Å². The van der Waals surface area contributed by atoms with Crippen LogP contribution in [0.25, 0.3) is 17.0 Å². The number of benzene rings is 1. The largest absolute Gasteiger partial charge is 0.375 e. The molecule has 0 aliphatic carbocycles. The van der Waals surface area contributed by atoms with Crippen molar-refractivity contribution < 1.29 is 18.3 Å². The van der Waals surface area contributed by atoms with Gasteiger partial charge in [0.1, 0.15) is 11.6 Å². The van der Waals surface area contributed by atoms with E-state index in [1.807, 2.05) is 14.0 Å². The number of amides is 1. The second kappa shape index (κ2) is 8.08. The van der Waals surface area contributed by atoms with Crippen LogP contribution in [-0.4, -0.2) is 65.1 Å². The smallest absolute Gasteiger partial charge is 0.251 e. The molecule has 0 radical (unpaired) electrons. The highest BCUT2D eigenvalue weighted by Gasteiger charge is 2.27. The third kappa shape index (κ3) is 3.78. The maximum atomic E-state index is 15.1. The molecule has 1 unspecified atom stereocenters. The Morgan fingerprint density at radius 3 is 2.70 bits per heavy atom. The van der Waals surface area contributed by atoms with Crippen molar-refractivity contribution in [3.8, 4) is 11.3 Å². The van der Waals surface area contributed by atoms with Gasteiger partial charge in [-0.3, -0.25) is 9.20 Å². The third-order valence-corrected chi connectivity index (χ3v) is 5.24. The summed E-state index contributed by atoms with van der Waals surface area (Å²) >= 11 is 0. The zero-order chi connectivity index (χ0) is 21.4. The van der Waals surface area contributed by atoms with E-state index in [0.29, 0.717) is 31.0 Å². The molecule has 7 nitrogen and oxygen atoms in total. The average Bonchev–Trinajstić information content (AvgIpc) is 3.03. The number of hydrogen-bond acceptors (Lipinski definition) is 5. The summed E-state index contributed by atoms with van der Waals surface area (Å²) in [6.07, 6.45) is 1.94. The second-order valence-electron chi connectivity index (χ2n) is 7.50. The lowest BCUT2D eigenvalue weighted by Crippen LogP contribution is -2.41. The highest BCUT2D eigenvalue weighted by Crippen LogP contribution is 2.32. The van der Waals surface area contributed by atoms with E-state index in [2.05, 4.69) is 20.2 Å². The monoisotopic (exact) mass is 415 g/mol. The molecule has 0 spiro atoms. The van der Waals surface area contributed by atoms with Gasteiger partial charge < -0.3 is 15.0 Å². The predicted octanol–water partition coefficient (Wildman–Crippen LogP) is 2.22. The molecule has 0 bridgehead atoms. The third-order valence-electron chi connectivity index (χ3n) is 5.24. The van der Waals surface area contributed by atoms with Crippen LogP contribution in [0, 0.1) is 18.6 Å². The van der Waals surface area contributed by atoms with Crippen LogP contribution in [0.4, 0.5) is 8.78 Å².